The van der Waals surface area contributed by atoms with Crippen molar-refractivity contribution in [2.75, 3.05) is 45.0 Å². The molecule has 1 atom stereocenters. The smallest absolute Gasteiger partial charge is 0.359 e. The number of benzene rings is 2. The number of rotatable bonds is 19. The van der Waals surface area contributed by atoms with Crippen LogP contribution in [0, 0.1) is 5.41 Å². The number of unbranched alkanes of at least 4 members (excludes halogenated alkanes) is 5. The molecule has 1 aromatic heterocycles. The van der Waals surface area contributed by atoms with Crippen molar-refractivity contribution in [3.8, 4) is 0 Å². The summed E-state index contributed by atoms with van der Waals surface area (Å²) in [6.45, 7) is 15.5. The van der Waals surface area contributed by atoms with Gasteiger partial charge in [0.05, 0.1) is 31.9 Å². The normalized spacial score (nSPS) is 14.4. The molecule has 1 amide bonds. The average molecular weight is 826 g/mol. The third kappa shape index (κ3) is 11.7. The molecule has 1 aliphatic rings. The number of thioether (sulfide) groups is 1. The number of ether oxygens (including phenoxy) is 3. The molecule has 1 aliphatic heterocycles. The highest BCUT2D eigenvalue weighted by atomic mass is 32.2. The van der Waals surface area contributed by atoms with Crippen molar-refractivity contribution in [3.63, 3.8) is 0 Å². The Kier molecular flexibility index (Phi) is 15.9. The number of methoxy groups -OCH3 is 2. The van der Waals surface area contributed by atoms with Crippen LogP contribution in [0.3, 0.4) is 0 Å². The predicted octanol–water partition coefficient (Wildman–Crippen LogP) is 8.57. The van der Waals surface area contributed by atoms with Gasteiger partial charge < -0.3 is 24.1 Å². The zero-order valence-electron chi connectivity index (χ0n) is 34.8. The van der Waals surface area contributed by atoms with Gasteiger partial charge in [-0.1, -0.05) is 98.8 Å². The zero-order valence-corrected chi connectivity index (χ0v) is 36.5. The molecule has 0 bridgehead atoms. The van der Waals surface area contributed by atoms with E-state index in [2.05, 4.69) is 58.8 Å². The molecular weight excluding hydrogens is 767 g/mol. The highest BCUT2D eigenvalue weighted by molar-refractivity contribution is 7.99. The second-order valence-electron chi connectivity index (χ2n) is 16.3. The monoisotopic (exact) mass is 825 g/mol. The van der Waals surface area contributed by atoms with Crippen LogP contribution in [-0.4, -0.2) is 85.7 Å². The summed E-state index contributed by atoms with van der Waals surface area (Å²) in [4.78, 5) is 51.2. The fourth-order valence-corrected chi connectivity index (χ4v) is 8.84. The number of anilines is 1. The fraction of sp³-hybridized carbons (Fsp3) is 0.548. The maximum absolute atomic E-state index is 15.1. The van der Waals surface area contributed by atoms with Gasteiger partial charge in [-0.05, 0) is 53.5 Å². The van der Waals surface area contributed by atoms with Crippen LogP contribution in [0.1, 0.15) is 126 Å². The molecule has 4 rings (SSSR count). The SMILES string of the molecule is CCCCCCCCOCCCN1C(C(C(=O)Nc2cc(C(C)(C)C)ccc2SCC(C)(C)C)n2cnc(C(=O)OC)c2C(=O)OC)=Nc2ccccc2S1(=O)=O. The minimum atomic E-state index is -4.29. The number of amidine groups is 1. The van der Waals surface area contributed by atoms with E-state index in [1.54, 1.807) is 30.0 Å². The number of nitrogens with one attached hydrogen (secondary N) is 1. The number of hydrogen-bond acceptors (Lipinski definition) is 11. The summed E-state index contributed by atoms with van der Waals surface area (Å²) in [5.74, 6) is -2.13. The van der Waals surface area contributed by atoms with Gasteiger partial charge in [0.2, 0.25) is 0 Å². The largest absolute Gasteiger partial charge is 0.464 e. The van der Waals surface area contributed by atoms with Gasteiger partial charge in [0.1, 0.15) is 4.90 Å². The Labute approximate surface area is 342 Å². The lowest BCUT2D eigenvalue weighted by molar-refractivity contribution is -0.117. The van der Waals surface area contributed by atoms with E-state index in [0.29, 0.717) is 12.3 Å². The van der Waals surface area contributed by atoms with E-state index >= 15 is 4.79 Å². The number of hydrogen-bond donors (Lipinski definition) is 1. The molecule has 0 saturated heterocycles. The van der Waals surface area contributed by atoms with Gasteiger partial charge in [0.15, 0.2) is 23.3 Å². The van der Waals surface area contributed by atoms with Crippen molar-refractivity contribution in [2.45, 2.75) is 115 Å². The molecule has 0 aliphatic carbocycles. The number of nitrogens with zero attached hydrogens (tertiary/aromatic N) is 4. The van der Waals surface area contributed by atoms with E-state index in [0.717, 1.165) is 64.9 Å². The first-order chi connectivity index (χ1) is 26.9. The van der Waals surface area contributed by atoms with Crippen LogP contribution in [0.15, 0.2) is 63.6 Å². The zero-order chi connectivity index (χ0) is 42.0. The number of esters is 2. The Morgan fingerprint density at radius 3 is 2.21 bits per heavy atom. The average Bonchev–Trinajstić information content (AvgIpc) is 3.59. The molecule has 13 nitrogen and oxygen atoms in total. The molecule has 312 valence electrons. The van der Waals surface area contributed by atoms with Gasteiger partial charge in [-0.15, -0.1) is 11.8 Å². The van der Waals surface area contributed by atoms with Gasteiger partial charge in [-0.25, -0.2) is 28.0 Å². The Morgan fingerprint density at radius 2 is 1.54 bits per heavy atom. The maximum atomic E-state index is 15.1. The molecule has 0 spiro atoms. The number of para-hydroxylation sites is 1. The van der Waals surface area contributed by atoms with Crippen molar-refractivity contribution in [1.82, 2.24) is 13.9 Å². The molecule has 1 unspecified atom stereocenters. The lowest BCUT2D eigenvalue weighted by Gasteiger charge is -2.34. The van der Waals surface area contributed by atoms with Crippen molar-refractivity contribution < 1.29 is 37.0 Å². The summed E-state index contributed by atoms with van der Waals surface area (Å²) in [6.07, 6.45) is 8.09. The quantitative estimate of drug-likeness (QED) is 0.0705. The number of imidazole rings is 1. The summed E-state index contributed by atoms with van der Waals surface area (Å²) in [5.41, 5.74) is 0.436. The molecule has 15 heteroatoms. The van der Waals surface area contributed by atoms with Crippen molar-refractivity contribution in [3.05, 3.63) is 65.7 Å². The lowest BCUT2D eigenvalue weighted by atomic mass is 9.87. The number of aliphatic imine (C=N–C) groups is 1. The minimum absolute atomic E-state index is 0.0336. The molecule has 57 heavy (non-hydrogen) atoms. The molecule has 3 aromatic rings. The Hall–Kier alpha value is -4.21. The highest BCUT2D eigenvalue weighted by Gasteiger charge is 2.43. The van der Waals surface area contributed by atoms with Crippen LogP contribution in [0.5, 0.6) is 0 Å². The molecule has 0 radical (unpaired) electrons. The Bertz CT molecular complexity index is 2010. The molecule has 1 N–H and O–H groups in total. The third-order valence-corrected chi connectivity index (χ3v) is 12.8. The molecule has 0 fully saturated rings. The van der Waals surface area contributed by atoms with Crippen molar-refractivity contribution >= 4 is 56.8 Å². The lowest BCUT2D eigenvalue weighted by Crippen LogP contribution is -2.48. The number of carbonyl (C=O) groups is 3. The number of amides is 1. The van der Waals surface area contributed by atoms with E-state index in [4.69, 9.17) is 19.2 Å². The van der Waals surface area contributed by atoms with Gasteiger partial charge in [0.25, 0.3) is 15.9 Å². The first-order valence-corrected chi connectivity index (χ1v) is 22.0. The Morgan fingerprint density at radius 1 is 0.877 bits per heavy atom. The molecular formula is C42H59N5O8S2. The van der Waals surface area contributed by atoms with Crippen LogP contribution < -0.4 is 5.32 Å². The maximum Gasteiger partial charge on any atom is 0.359 e. The van der Waals surface area contributed by atoms with E-state index in [1.807, 2.05) is 18.2 Å². The summed E-state index contributed by atoms with van der Waals surface area (Å²) in [5, 5.41) is 3.07. The van der Waals surface area contributed by atoms with Crippen LogP contribution in [0.25, 0.3) is 0 Å². The first kappa shape index (κ1) is 45.5. The van der Waals surface area contributed by atoms with Crippen LogP contribution in [0.2, 0.25) is 0 Å². The van der Waals surface area contributed by atoms with E-state index < -0.39 is 45.3 Å². The third-order valence-electron chi connectivity index (χ3n) is 9.30. The van der Waals surface area contributed by atoms with Crippen LogP contribution in [0.4, 0.5) is 11.4 Å². The number of carbonyl (C=O) groups excluding carboxylic acids is 3. The van der Waals surface area contributed by atoms with Gasteiger partial charge >= 0.3 is 11.9 Å². The molecule has 0 saturated carbocycles. The van der Waals surface area contributed by atoms with Crippen molar-refractivity contribution in [2.24, 2.45) is 10.4 Å². The minimum Gasteiger partial charge on any atom is -0.464 e. The summed E-state index contributed by atoms with van der Waals surface area (Å²) in [6, 6.07) is 10.5. The van der Waals surface area contributed by atoms with Gasteiger partial charge in [-0.2, -0.15) is 0 Å². The molecule has 2 aromatic carbocycles. The van der Waals surface area contributed by atoms with E-state index in [-0.39, 0.29) is 46.8 Å². The molecule has 2 heterocycles. The van der Waals surface area contributed by atoms with E-state index in [1.165, 1.54) is 25.3 Å². The van der Waals surface area contributed by atoms with Crippen LogP contribution >= 0.6 is 11.8 Å². The fourth-order valence-electron chi connectivity index (χ4n) is 6.20. The van der Waals surface area contributed by atoms with Gasteiger partial charge in [0, 0.05) is 30.4 Å². The van der Waals surface area contributed by atoms with Gasteiger partial charge in [-0.3, -0.25) is 9.10 Å². The van der Waals surface area contributed by atoms with E-state index in [9.17, 15) is 18.0 Å². The summed E-state index contributed by atoms with van der Waals surface area (Å²) < 4.78 is 47.2. The summed E-state index contributed by atoms with van der Waals surface area (Å²) >= 11 is 1.58. The summed E-state index contributed by atoms with van der Waals surface area (Å²) in [7, 11) is -2.03. The highest BCUT2D eigenvalue weighted by Crippen LogP contribution is 2.39. The Balaban J connectivity index is 1.85. The standard InChI is InChI=1S/C42H59N5O8S2/c1-10-11-12-13-14-17-24-55-25-18-23-47-37(44-30-19-15-16-20-33(30)57(47,51)52)36(46-28-43-34(39(49)53-8)35(46)40(50)54-9)38(48)45-31-26-29(42(5,6)7)21-22-32(31)56-27-41(2,3)4/h15-16,19-22,26,28,36H,10-14,17-18,23-25,27H2,1-9H3,(H,45,48). The van der Waals surface area contributed by atoms with Crippen molar-refractivity contribution in [1.29, 1.82) is 0 Å². The number of aromatic nitrogens is 2. The first-order valence-electron chi connectivity index (χ1n) is 19.5. The number of sulfonamides is 1. The van der Waals surface area contributed by atoms with Crippen LogP contribution in [-0.2, 0) is 34.4 Å². The second kappa shape index (κ2) is 20.0. The topological polar surface area (TPSA) is 158 Å². The predicted molar refractivity (Wildman–Crippen MR) is 224 cm³/mol. The number of fused-ring (bicyclic) bond motifs is 1. The second-order valence-corrected chi connectivity index (χ2v) is 19.1.